The number of nitro groups is 1. The number of carbonyl (C=O) groups is 1. The molecule has 0 radical (unpaired) electrons. The first-order valence-corrected chi connectivity index (χ1v) is 7.56. The lowest BCUT2D eigenvalue weighted by Crippen LogP contribution is -2.23. The zero-order chi connectivity index (χ0) is 14.9. The molecular weight excluding hydrogens is 291 g/mol. The highest BCUT2D eigenvalue weighted by Crippen LogP contribution is 2.24. The minimum Gasteiger partial charge on any atom is -0.326 e. The lowest BCUT2D eigenvalue weighted by molar-refractivity contribution is -0.387. The Balaban J connectivity index is 2.13. The monoisotopic (exact) mass is 302 g/mol. The third kappa shape index (κ3) is 3.10. The summed E-state index contributed by atoms with van der Waals surface area (Å²) in [6, 6.07) is 2.96. The number of amides is 1. The highest BCUT2D eigenvalue weighted by atomic mass is 32.2. The van der Waals surface area contributed by atoms with Crippen LogP contribution in [0.25, 0.3) is 0 Å². The standard InChI is InChI=1S/C11H11FN2O5S/c12-9-2-1-8(5-10(9)14(16)17)13-11(15)7-3-4-20(18,19)6-7/h1-2,5,7H,3-4,6H2,(H,13,15)/t7-/m1/s1. The van der Waals surface area contributed by atoms with Crippen molar-refractivity contribution in [1.82, 2.24) is 0 Å². The molecule has 1 N–H and O–H groups in total. The van der Waals surface area contributed by atoms with E-state index in [2.05, 4.69) is 5.32 Å². The minimum atomic E-state index is -3.19. The maximum absolute atomic E-state index is 13.1. The van der Waals surface area contributed by atoms with Gasteiger partial charge in [-0.05, 0) is 18.6 Å². The van der Waals surface area contributed by atoms with Gasteiger partial charge in [0.05, 0.1) is 22.3 Å². The van der Waals surface area contributed by atoms with Crippen molar-refractivity contribution in [2.45, 2.75) is 6.42 Å². The molecule has 1 heterocycles. The van der Waals surface area contributed by atoms with Gasteiger partial charge in [0.25, 0.3) is 0 Å². The summed E-state index contributed by atoms with van der Waals surface area (Å²) in [6.45, 7) is 0. The second-order valence-electron chi connectivity index (χ2n) is 4.51. The number of nitro benzene ring substituents is 1. The van der Waals surface area contributed by atoms with Gasteiger partial charge in [-0.3, -0.25) is 14.9 Å². The van der Waals surface area contributed by atoms with Gasteiger partial charge in [-0.15, -0.1) is 0 Å². The largest absolute Gasteiger partial charge is 0.326 e. The highest BCUT2D eigenvalue weighted by molar-refractivity contribution is 7.91. The van der Waals surface area contributed by atoms with E-state index in [1.807, 2.05) is 0 Å². The molecule has 1 amide bonds. The minimum absolute atomic E-state index is 0.0470. The van der Waals surface area contributed by atoms with Crippen LogP contribution in [0.3, 0.4) is 0 Å². The molecule has 1 atom stereocenters. The van der Waals surface area contributed by atoms with Crippen molar-refractivity contribution in [3.8, 4) is 0 Å². The van der Waals surface area contributed by atoms with Crippen molar-refractivity contribution in [3.05, 3.63) is 34.1 Å². The number of anilines is 1. The molecule has 1 fully saturated rings. The van der Waals surface area contributed by atoms with E-state index in [0.29, 0.717) is 0 Å². The van der Waals surface area contributed by atoms with Crippen LogP contribution in [-0.4, -0.2) is 30.8 Å². The molecule has 0 aliphatic carbocycles. The second kappa shape index (κ2) is 5.16. The predicted molar refractivity (Wildman–Crippen MR) is 68.4 cm³/mol. The molecular formula is C11H11FN2O5S. The topological polar surface area (TPSA) is 106 Å². The Hall–Kier alpha value is -2.03. The number of rotatable bonds is 3. The Morgan fingerprint density at radius 1 is 1.45 bits per heavy atom. The maximum Gasteiger partial charge on any atom is 0.306 e. The molecule has 0 aromatic heterocycles. The zero-order valence-electron chi connectivity index (χ0n) is 10.2. The number of nitrogens with one attached hydrogen (secondary N) is 1. The van der Waals surface area contributed by atoms with Gasteiger partial charge in [0.15, 0.2) is 9.84 Å². The van der Waals surface area contributed by atoms with E-state index in [1.165, 1.54) is 6.07 Å². The summed E-state index contributed by atoms with van der Waals surface area (Å²) in [7, 11) is -3.19. The van der Waals surface area contributed by atoms with E-state index >= 15 is 0 Å². The van der Waals surface area contributed by atoms with Crippen molar-refractivity contribution in [1.29, 1.82) is 0 Å². The quantitative estimate of drug-likeness (QED) is 0.665. The van der Waals surface area contributed by atoms with Crippen molar-refractivity contribution in [2.75, 3.05) is 16.8 Å². The molecule has 20 heavy (non-hydrogen) atoms. The fourth-order valence-electron chi connectivity index (χ4n) is 1.98. The summed E-state index contributed by atoms with van der Waals surface area (Å²) >= 11 is 0. The highest BCUT2D eigenvalue weighted by Gasteiger charge is 2.33. The molecule has 1 aromatic rings. The van der Waals surface area contributed by atoms with Gasteiger partial charge in [-0.1, -0.05) is 0 Å². The third-order valence-electron chi connectivity index (χ3n) is 3.01. The summed E-state index contributed by atoms with van der Waals surface area (Å²) in [5.74, 6) is -2.50. The summed E-state index contributed by atoms with van der Waals surface area (Å²) in [4.78, 5) is 21.5. The Morgan fingerprint density at radius 2 is 2.15 bits per heavy atom. The van der Waals surface area contributed by atoms with Crippen LogP contribution in [0.4, 0.5) is 15.8 Å². The third-order valence-corrected chi connectivity index (χ3v) is 4.78. The fraction of sp³-hybridized carbons (Fsp3) is 0.364. The average Bonchev–Trinajstić information content (AvgIpc) is 2.72. The molecule has 2 rings (SSSR count). The van der Waals surface area contributed by atoms with Gasteiger partial charge < -0.3 is 5.32 Å². The molecule has 1 aromatic carbocycles. The van der Waals surface area contributed by atoms with E-state index < -0.39 is 38.1 Å². The lowest BCUT2D eigenvalue weighted by Gasteiger charge is -2.09. The van der Waals surface area contributed by atoms with Crippen molar-refractivity contribution in [3.63, 3.8) is 0 Å². The molecule has 0 unspecified atom stereocenters. The van der Waals surface area contributed by atoms with Crippen LogP contribution in [0.5, 0.6) is 0 Å². The fourth-order valence-corrected chi connectivity index (χ4v) is 3.72. The molecule has 0 saturated carbocycles. The summed E-state index contributed by atoms with van der Waals surface area (Å²) in [5.41, 5.74) is -0.686. The molecule has 0 spiro atoms. The van der Waals surface area contributed by atoms with Crippen LogP contribution in [0.1, 0.15) is 6.42 Å². The van der Waals surface area contributed by atoms with Crippen LogP contribution in [-0.2, 0) is 14.6 Å². The molecule has 1 aliphatic heterocycles. The van der Waals surface area contributed by atoms with E-state index in [4.69, 9.17) is 0 Å². The molecule has 7 nitrogen and oxygen atoms in total. The number of carbonyl (C=O) groups excluding carboxylic acids is 1. The zero-order valence-corrected chi connectivity index (χ0v) is 11.0. The van der Waals surface area contributed by atoms with E-state index in [-0.39, 0.29) is 23.6 Å². The van der Waals surface area contributed by atoms with E-state index in [1.54, 1.807) is 0 Å². The Kier molecular flexibility index (Phi) is 3.71. The van der Waals surface area contributed by atoms with Crippen molar-refractivity contribution < 1.29 is 22.5 Å². The number of sulfone groups is 1. The lowest BCUT2D eigenvalue weighted by atomic mass is 10.1. The second-order valence-corrected chi connectivity index (χ2v) is 6.74. The smallest absolute Gasteiger partial charge is 0.306 e. The van der Waals surface area contributed by atoms with Gasteiger partial charge >= 0.3 is 5.69 Å². The number of hydrogen-bond acceptors (Lipinski definition) is 5. The number of hydrogen-bond donors (Lipinski definition) is 1. The first kappa shape index (κ1) is 14.4. The maximum atomic E-state index is 13.1. The molecule has 1 aliphatic rings. The van der Waals surface area contributed by atoms with Crippen LogP contribution in [0.2, 0.25) is 0 Å². The summed E-state index contributed by atoms with van der Waals surface area (Å²) in [5, 5.41) is 12.9. The number of halogens is 1. The Bertz CT molecular complexity index is 673. The molecule has 9 heteroatoms. The average molecular weight is 302 g/mol. The van der Waals surface area contributed by atoms with Gasteiger partial charge in [-0.2, -0.15) is 4.39 Å². The van der Waals surface area contributed by atoms with Crippen molar-refractivity contribution >= 4 is 27.1 Å². The molecule has 108 valence electrons. The summed E-state index contributed by atoms with van der Waals surface area (Å²) in [6.07, 6.45) is 0.220. The Labute approximate surface area is 113 Å². The van der Waals surface area contributed by atoms with E-state index in [0.717, 1.165) is 12.1 Å². The van der Waals surface area contributed by atoms with Crippen LogP contribution < -0.4 is 5.32 Å². The Morgan fingerprint density at radius 3 is 2.70 bits per heavy atom. The van der Waals surface area contributed by atoms with Crippen molar-refractivity contribution in [2.24, 2.45) is 5.92 Å². The normalized spacial score (nSPS) is 20.6. The predicted octanol–water partition coefficient (Wildman–Crippen LogP) is 1.11. The van der Waals surface area contributed by atoms with Gasteiger partial charge in [-0.25, -0.2) is 8.42 Å². The first-order chi connectivity index (χ1) is 9.28. The van der Waals surface area contributed by atoms with Gasteiger partial charge in [0.2, 0.25) is 11.7 Å². The van der Waals surface area contributed by atoms with Crippen LogP contribution in [0.15, 0.2) is 18.2 Å². The molecule has 1 saturated heterocycles. The number of benzene rings is 1. The first-order valence-electron chi connectivity index (χ1n) is 5.74. The van der Waals surface area contributed by atoms with Gasteiger partial charge in [0.1, 0.15) is 0 Å². The SMILES string of the molecule is O=C(Nc1ccc(F)c([N+](=O)[O-])c1)[C@@H]1CCS(=O)(=O)C1. The molecule has 0 bridgehead atoms. The van der Waals surface area contributed by atoms with Gasteiger partial charge in [0, 0.05) is 11.8 Å². The van der Waals surface area contributed by atoms with E-state index in [9.17, 15) is 27.7 Å². The summed E-state index contributed by atoms with van der Waals surface area (Å²) < 4.78 is 35.7. The number of nitrogens with zero attached hydrogens (tertiary/aromatic N) is 1. The van der Waals surface area contributed by atoms with Crippen LogP contribution in [0, 0.1) is 21.8 Å². The van der Waals surface area contributed by atoms with Crippen LogP contribution >= 0.6 is 0 Å².